The van der Waals surface area contributed by atoms with Crippen molar-refractivity contribution < 1.29 is 9.90 Å². The Morgan fingerprint density at radius 2 is 2.24 bits per heavy atom. The molecule has 2 atom stereocenters. The fraction of sp³-hybridized carbons (Fsp3) is 0.529. The summed E-state index contributed by atoms with van der Waals surface area (Å²) in [6.45, 7) is 5.28. The SMILES string of the molecule is CCc1nc2cccc(C(=O)O)c2n1CC1CCCC1C. The van der Waals surface area contributed by atoms with Crippen molar-refractivity contribution in [3.05, 3.63) is 29.6 Å². The van der Waals surface area contributed by atoms with E-state index in [4.69, 9.17) is 0 Å². The number of carboxylic acid groups (broad SMARTS) is 1. The molecular formula is C17H22N2O2. The van der Waals surface area contributed by atoms with E-state index in [-0.39, 0.29) is 0 Å². The molecule has 1 saturated carbocycles. The van der Waals surface area contributed by atoms with Crippen LogP contribution < -0.4 is 0 Å². The number of aromatic nitrogens is 2. The number of hydrogen-bond acceptors (Lipinski definition) is 2. The zero-order chi connectivity index (χ0) is 15.0. The molecule has 0 radical (unpaired) electrons. The quantitative estimate of drug-likeness (QED) is 0.931. The Bertz CT molecular complexity index is 675. The van der Waals surface area contributed by atoms with Crippen molar-refractivity contribution in [2.75, 3.05) is 0 Å². The summed E-state index contributed by atoms with van der Waals surface area (Å²) in [5, 5.41) is 9.46. The molecule has 1 aliphatic rings. The van der Waals surface area contributed by atoms with E-state index in [9.17, 15) is 9.90 Å². The Morgan fingerprint density at radius 1 is 1.43 bits per heavy atom. The number of aryl methyl sites for hydroxylation is 1. The van der Waals surface area contributed by atoms with E-state index < -0.39 is 5.97 Å². The molecule has 2 aromatic rings. The third kappa shape index (κ3) is 2.43. The van der Waals surface area contributed by atoms with E-state index in [1.54, 1.807) is 12.1 Å². The van der Waals surface area contributed by atoms with Gasteiger partial charge in [-0.25, -0.2) is 9.78 Å². The topological polar surface area (TPSA) is 55.1 Å². The second kappa shape index (κ2) is 5.51. The number of para-hydroxylation sites is 1. The van der Waals surface area contributed by atoms with Gasteiger partial charge >= 0.3 is 5.97 Å². The van der Waals surface area contributed by atoms with E-state index in [1.165, 1.54) is 19.3 Å². The van der Waals surface area contributed by atoms with Crippen LogP contribution in [0.1, 0.15) is 49.3 Å². The highest BCUT2D eigenvalue weighted by molar-refractivity contribution is 6.01. The summed E-state index contributed by atoms with van der Waals surface area (Å²) in [6.07, 6.45) is 4.63. The number of fused-ring (bicyclic) bond motifs is 1. The second-order valence-corrected chi connectivity index (χ2v) is 6.14. The Hall–Kier alpha value is -1.84. The smallest absolute Gasteiger partial charge is 0.337 e. The summed E-state index contributed by atoms with van der Waals surface area (Å²) in [6, 6.07) is 5.37. The lowest BCUT2D eigenvalue weighted by Gasteiger charge is -2.18. The molecule has 1 aliphatic carbocycles. The minimum atomic E-state index is -0.871. The van der Waals surface area contributed by atoms with E-state index in [1.807, 2.05) is 6.07 Å². The molecule has 21 heavy (non-hydrogen) atoms. The molecule has 2 unspecified atom stereocenters. The zero-order valence-corrected chi connectivity index (χ0v) is 12.7. The van der Waals surface area contributed by atoms with Crippen molar-refractivity contribution in [3.63, 3.8) is 0 Å². The predicted molar refractivity (Wildman–Crippen MR) is 82.6 cm³/mol. The molecule has 0 amide bonds. The minimum absolute atomic E-state index is 0.366. The van der Waals surface area contributed by atoms with E-state index >= 15 is 0 Å². The largest absolute Gasteiger partial charge is 0.478 e. The van der Waals surface area contributed by atoms with Gasteiger partial charge in [0.05, 0.1) is 16.6 Å². The van der Waals surface area contributed by atoms with Crippen molar-refractivity contribution in [2.45, 2.75) is 46.1 Å². The number of hydrogen-bond donors (Lipinski definition) is 1. The second-order valence-electron chi connectivity index (χ2n) is 6.14. The Balaban J connectivity index is 2.12. The van der Waals surface area contributed by atoms with Gasteiger partial charge in [-0.3, -0.25) is 0 Å². The maximum absolute atomic E-state index is 11.5. The summed E-state index contributed by atoms with van der Waals surface area (Å²) in [5.41, 5.74) is 1.96. The fourth-order valence-corrected chi connectivity index (χ4v) is 3.60. The molecule has 4 heteroatoms. The van der Waals surface area contributed by atoms with Crippen LogP contribution in [0.2, 0.25) is 0 Å². The number of benzene rings is 1. The monoisotopic (exact) mass is 286 g/mol. The summed E-state index contributed by atoms with van der Waals surface area (Å²) in [5.74, 6) is 1.47. The van der Waals surface area contributed by atoms with Crippen LogP contribution in [0.15, 0.2) is 18.2 Å². The standard InChI is InChI=1S/C17H22N2O2/c1-3-15-18-14-9-5-8-13(17(20)21)16(14)19(15)10-12-7-4-6-11(12)2/h5,8-9,11-12H,3-4,6-7,10H2,1-2H3,(H,20,21). The third-order valence-corrected chi connectivity index (χ3v) is 4.85. The Labute approximate surface area is 124 Å². The maximum atomic E-state index is 11.5. The summed E-state index contributed by atoms with van der Waals surface area (Å²) < 4.78 is 2.16. The number of imidazole rings is 1. The fourth-order valence-electron chi connectivity index (χ4n) is 3.60. The van der Waals surface area contributed by atoms with Crippen LogP contribution in [0.5, 0.6) is 0 Å². The third-order valence-electron chi connectivity index (χ3n) is 4.85. The molecule has 1 fully saturated rings. The van der Waals surface area contributed by atoms with E-state index in [0.717, 1.165) is 29.8 Å². The first-order valence-electron chi connectivity index (χ1n) is 7.83. The van der Waals surface area contributed by atoms with E-state index in [0.29, 0.717) is 17.4 Å². The molecule has 0 bridgehead atoms. The average Bonchev–Trinajstić information content (AvgIpc) is 3.03. The van der Waals surface area contributed by atoms with Gasteiger partial charge in [0.1, 0.15) is 5.82 Å². The van der Waals surface area contributed by atoms with Gasteiger partial charge in [0.2, 0.25) is 0 Å². The van der Waals surface area contributed by atoms with Gasteiger partial charge in [0.15, 0.2) is 0 Å². The number of nitrogens with zero attached hydrogens (tertiary/aromatic N) is 2. The molecule has 0 aliphatic heterocycles. The number of carboxylic acids is 1. The van der Waals surface area contributed by atoms with Crippen molar-refractivity contribution >= 4 is 17.0 Å². The van der Waals surface area contributed by atoms with Crippen LogP contribution >= 0.6 is 0 Å². The lowest BCUT2D eigenvalue weighted by Crippen LogP contribution is -2.16. The van der Waals surface area contributed by atoms with Gasteiger partial charge in [-0.05, 0) is 30.4 Å². The van der Waals surface area contributed by atoms with Gasteiger partial charge in [-0.15, -0.1) is 0 Å². The predicted octanol–water partition coefficient (Wildman–Crippen LogP) is 3.73. The van der Waals surface area contributed by atoms with Gasteiger partial charge in [0, 0.05) is 13.0 Å². The van der Waals surface area contributed by atoms with Crippen molar-refractivity contribution in [3.8, 4) is 0 Å². The van der Waals surface area contributed by atoms with Gasteiger partial charge < -0.3 is 9.67 Å². The molecule has 112 valence electrons. The highest BCUT2D eigenvalue weighted by Crippen LogP contribution is 2.34. The lowest BCUT2D eigenvalue weighted by molar-refractivity contribution is 0.0698. The Kier molecular flexibility index (Phi) is 3.70. The van der Waals surface area contributed by atoms with E-state index in [2.05, 4.69) is 23.4 Å². The first-order chi connectivity index (χ1) is 10.1. The van der Waals surface area contributed by atoms with Crippen LogP contribution in [0.25, 0.3) is 11.0 Å². The van der Waals surface area contributed by atoms with Crippen LogP contribution in [0.4, 0.5) is 0 Å². The molecule has 0 spiro atoms. The van der Waals surface area contributed by atoms with Gasteiger partial charge in [-0.2, -0.15) is 0 Å². The normalized spacial score (nSPS) is 22.0. The summed E-state index contributed by atoms with van der Waals surface area (Å²) in [7, 11) is 0. The zero-order valence-electron chi connectivity index (χ0n) is 12.7. The van der Waals surface area contributed by atoms with Crippen molar-refractivity contribution in [1.82, 2.24) is 9.55 Å². The van der Waals surface area contributed by atoms with Crippen molar-refractivity contribution in [1.29, 1.82) is 0 Å². The summed E-state index contributed by atoms with van der Waals surface area (Å²) >= 11 is 0. The highest BCUT2D eigenvalue weighted by atomic mass is 16.4. The Morgan fingerprint density at radius 3 is 2.86 bits per heavy atom. The molecule has 3 rings (SSSR count). The van der Waals surface area contributed by atoms with Crippen LogP contribution in [-0.4, -0.2) is 20.6 Å². The molecule has 1 N–H and O–H groups in total. The number of aromatic carboxylic acids is 1. The van der Waals surface area contributed by atoms with Crippen LogP contribution in [0, 0.1) is 11.8 Å². The molecule has 0 saturated heterocycles. The lowest BCUT2D eigenvalue weighted by atomic mass is 9.98. The first-order valence-corrected chi connectivity index (χ1v) is 7.83. The molecule has 1 aromatic carbocycles. The minimum Gasteiger partial charge on any atom is -0.478 e. The van der Waals surface area contributed by atoms with Crippen LogP contribution in [-0.2, 0) is 13.0 Å². The molecule has 1 heterocycles. The molecule has 4 nitrogen and oxygen atoms in total. The molecule has 1 aromatic heterocycles. The first kappa shape index (κ1) is 14.1. The molecular weight excluding hydrogens is 264 g/mol. The van der Waals surface area contributed by atoms with Gasteiger partial charge in [-0.1, -0.05) is 32.8 Å². The average molecular weight is 286 g/mol. The number of rotatable bonds is 4. The van der Waals surface area contributed by atoms with Crippen molar-refractivity contribution in [2.24, 2.45) is 11.8 Å². The number of carbonyl (C=O) groups is 1. The highest BCUT2D eigenvalue weighted by Gasteiger charge is 2.26. The van der Waals surface area contributed by atoms with Gasteiger partial charge in [0.25, 0.3) is 0 Å². The van der Waals surface area contributed by atoms with Crippen LogP contribution in [0.3, 0.4) is 0 Å². The summed E-state index contributed by atoms with van der Waals surface area (Å²) in [4.78, 5) is 16.2. The maximum Gasteiger partial charge on any atom is 0.337 e.